The van der Waals surface area contributed by atoms with Crippen molar-refractivity contribution in [1.82, 2.24) is 5.32 Å². The first kappa shape index (κ1) is 16.0. The summed E-state index contributed by atoms with van der Waals surface area (Å²) in [5.41, 5.74) is 8.01. The maximum atomic E-state index is 12.3. The van der Waals surface area contributed by atoms with Crippen LogP contribution in [0.3, 0.4) is 0 Å². The van der Waals surface area contributed by atoms with E-state index in [0.29, 0.717) is 6.61 Å². The summed E-state index contributed by atoms with van der Waals surface area (Å²) in [4.78, 5) is 12.3. The van der Waals surface area contributed by atoms with Gasteiger partial charge in [0, 0.05) is 18.1 Å². The molecule has 0 aliphatic heterocycles. The second kappa shape index (κ2) is 6.16. The van der Waals surface area contributed by atoms with Crippen molar-refractivity contribution in [2.75, 3.05) is 6.61 Å². The molecule has 1 aromatic rings. The van der Waals surface area contributed by atoms with Gasteiger partial charge < -0.3 is 15.8 Å². The third-order valence-electron chi connectivity index (χ3n) is 4.58. The number of aryl methyl sites for hydroxylation is 1. The van der Waals surface area contributed by atoms with E-state index in [0.717, 1.165) is 17.5 Å². The predicted octanol–water partition coefficient (Wildman–Crippen LogP) is 2.31. The van der Waals surface area contributed by atoms with Gasteiger partial charge in [0.2, 0.25) is 5.91 Å². The van der Waals surface area contributed by atoms with Crippen LogP contribution in [-0.4, -0.2) is 24.7 Å². The first-order valence-electron chi connectivity index (χ1n) is 7.60. The third kappa shape index (κ3) is 3.27. The van der Waals surface area contributed by atoms with Crippen LogP contribution in [0.5, 0.6) is 0 Å². The Morgan fingerprint density at radius 3 is 2.57 bits per heavy atom. The average molecular weight is 290 g/mol. The fourth-order valence-electron chi connectivity index (χ4n) is 2.80. The van der Waals surface area contributed by atoms with Gasteiger partial charge in [-0.2, -0.15) is 0 Å². The van der Waals surface area contributed by atoms with Crippen LogP contribution in [0.4, 0.5) is 0 Å². The molecule has 2 rings (SSSR count). The lowest BCUT2D eigenvalue weighted by Crippen LogP contribution is -2.62. The van der Waals surface area contributed by atoms with Crippen LogP contribution in [0.15, 0.2) is 24.3 Å². The molecular weight excluding hydrogens is 264 g/mol. The molecule has 1 saturated carbocycles. The molecule has 0 saturated heterocycles. The first-order valence-corrected chi connectivity index (χ1v) is 7.60. The normalized spacial score (nSPS) is 25.0. The summed E-state index contributed by atoms with van der Waals surface area (Å²) < 4.78 is 5.68. The average Bonchev–Trinajstić information content (AvgIpc) is 2.46. The SMILES string of the molecule is CCOC1CC(NC(=O)C(N)c2ccc(C)cc2)C1(C)C. The van der Waals surface area contributed by atoms with E-state index in [1.807, 2.05) is 38.1 Å². The number of hydrogen-bond donors (Lipinski definition) is 2. The van der Waals surface area contributed by atoms with E-state index in [2.05, 4.69) is 19.2 Å². The Kier molecular flexibility index (Phi) is 4.69. The van der Waals surface area contributed by atoms with E-state index >= 15 is 0 Å². The first-order chi connectivity index (χ1) is 9.86. The Morgan fingerprint density at radius 2 is 2.05 bits per heavy atom. The molecular formula is C17H26N2O2. The smallest absolute Gasteiger partial charge is 0.241 e. The van der Waals surface area contributed by atoms with Gasteiger partial charge in [-0.1, -0.05) is 43.7 Å². The lowest BCUT2D eigenvalue weighted by Gasteiger charge is -2.51. The molecule has 3 N–H and O–H groups in total. The summed E-state index contributed by atoms with van der Waals surface area (Å²) in [5, 5.41) is 3.06. The van der Waals surface area contributed by atoms with Crippen molar-refractivity contribution in [3.63, 3.8) is 0 Å². The highest BCUT2D eigenvalue weighted by molar-refractivity contribution is 5.83. The lowest BCUT2D eigenvalue weighted by molar-refractivity contribution is -0.137. The largest absolute Gasteiger partial charge is 0.378 e. The minimum atomic E-state index is -0.618. The number of carbonyl (C=O) groups is 1. The van der Waals surface area contributed by atoms with Gasteiger partial charge in [0.05, 0.1) is 6.10 Å². The molecule has 0 radical (unpaired) electrons. The van der Waals surface area contributed by atoms with Crippen molar-refractivity contribution in [2.24, 2.45) is 11.1 Å². The van der Waals surface area contributed by atoms with E-state index in [-0.39, 0.29) is 23.5 Å². The summed E-state index contributed by atoms with van der Waals surface area (Å²) in [6.45, 7) is 8.96. The Labute approximate surface area is 127 Å². The van der Waals surface area contributed by atoms with E-state index in [4.69, 9.17) is 10.5 Å². The van der Waals surface area contributed by atoms with E-state index in [1.54, 1.807) is 0 Å². The van der Waals surface area contributed by atoms with Gasteiger partial charge in [-0.05, 0) is 25.8 Å². The van der Waals surface area contributed by atoms with Gasteiger partial charge in [-0.15, -0.1) is 0 Å². The molecule has 3 unspecified atom stereocenters. The molecule has 4 heteroatoms. The van der Waals surface area contributed by atoms with Gasteiger partial charge in [0.1, 0.15) is 6.04 Å². The van der Waals surface area contributed by atoms with Crippen molar-refractivity contribution in [1.29, 1.82) is 0 Å². The second-order valence-electron chi connectivity index (χ2n) is 6.45. The standard InChI is InChI=1S/C17H26N2O2/c1-5-21-14-10-13(17(14,3)4)19-16(20)15(18)12-8-6-11(2)7-9-12/h6-9,13-15H,5,10,18H2,1-4H3,(H,19,20). The van der Waals surface area contributed by atoms with Crippen molar-refractivity contribution in [3.05, 3.63) is 35.4 Å². The maximum Gasteiger partial charge on any atom is 0.241 e. The topological polar surface area (TPSA) is 64.3 Å². The van der Waals surface area contributed by atoms with Gasteiger partial charge in [0.25, 0.3) is 0 Å². The predicted molar refractivity (Wildman–Crippen MR) is 83.9 cm³/mol. The highest BCUT2D eigenvalue weighted by Gasteiger charge is 2.49. The molecule has 0 spiro atoms. The van der Waals surface area contributed by atoms with E-state index in [9.17, 15) is 4.79 Å². The van der Waals surface area contributed by atoms with E-state index in [1.165, 1.54) is 0 Å². The molecule has 4 nitrogen and oxygen atoms in total. The van der Waals surface area contributed by atoms with E-state index < -0.39 is 6.04 Å². The molecule has 1 aromatic carbocycles. The minimum absolute atomic E-state index is 0.0430. The zero-order valence-corrected chi connectivity index (χ0v) is 13.3. The summed E-state index contributed by atoms with van der Waals surface area (Å²) in [6, 6.07) is 7.27. The molecule has 3 atom stereocenters. The van der Waals surface area contributed by atoms with Crippen LogP contribution >= 0.6 is 0 Å². The van der Waals surface area contributed by atoms with Crippen LogP contribution < -0.4 is 11.1 Å². The molecule has 0 heterocycles. The zero-order chi connectivity index (χ0) is 15.6. The highest BCUT2D eigenvalue weighted by atomic mass is 16.5. The molecule has 116 valence electrons. The lowest BCUT2D eigenvalue weighted by atomic mass is 9.64. The zero-order valence-electron chi connectivity index (χ0n) is 13.3. The number of amides is 1. The Balaban J connectivity index is 1.95. The number of hydrogen-bond acceptors (Lipinski definition) is 3. The van der Waals surface area contributed by atoms with Crippen molar-refractivity contribution in [2.45, 2.75) is 52.3 Å². The summed E-state index contributed by atoms with van der Waals surface area (Å²) >= 11 is 0. The number of carbonyl (C=O) groups excluding carboxylic acids is 1. The quantitative estimate of drug-likeness (QED) is 0.874. The maximum absolute atomic E-state index is 12.3. The van der Waals surface area contributed by atoms with Gasteiger partial charge >= 0.3 is 0 Å². The number of benzene rings is 1. The van der Waals surface area contributed by atoms with Gasteiger partial charge in [-0.3, -0.25) is 4.79 Å². The van der Waals surface area contributed by atoms with Crippen LogP contribution in [0, 0.1) is 12.3 Å². The Hall–Kier alpha value is -1.39. The second-order valence-corrected chi connectivity index (χ2v) is 6.45. The summed E-state index contributed by atoms with van der Waals surface area (Å²) in [5.74, 6) is -0.119. The fourth-order valence-corrected chi connectivity index (χ4v) is 2.80. The number of ether oxygens (including phenoxy) is 1. The number of nitrogens with one attached hydrogen (secondary N) is 1. The van der Waals surface area contributed by atoms with Crippen LogP contribution in [0.1, 0.15) is 44.4 Å². The van der Waals surface area contributed by atoms with Gasteiger partial charge in [-0.25, -0.2) is 0 Å². The summed E-state index contributed by atoms with van der Waals surface area (Å²) in [7, 11) is 0. The molecule has 0 aromatic heterocycles. The molecule has 1 aliphatic rings. The van der Waals surface area contributed by atoms with Crippen molar-refractivity contribution < 1.29 is 9.53 Å². The minimum Gasteiger partial charge on any atom is -0.378 e. The molecule has 21 heavy (non-hydrogen) atoms. The molecule has 1 amide bonds. The van der Waals surface area contributed by atoms with Crippen LogP contribution in [0.25, 0.3) is 0 Å². The van der Waals surface area contributed by atoms with Crippen molar-refractivity contribution in [3.8, 4) is 0 Å². The number of rotatable bonds is 5. The highest BCUT2D eigenvalue weighted by Crippen LogP contribution is 2.42. The van der Waals surface area contributed by atoms with Crippen molar-refractivity contribution >= 4 is 5.91 Å². The fraction of sp³-hybridized carbons (Fsp3) is 0.588. The molecule has 1 fully saturated rings. The Morgan fingerprint density at radius 1 is 1.43 bits per heavy atom. The molecule has 1 aliphatic carbocycles. The Bertz CT molecular complexity index is 496. The monoisotopic (exact) mass is 290 g/mol. The van der Waals surface area contributed by atoms with Crippen LogP contribution in [0.2, 0.25) is 0 Å². The number of nitrogens with two attached hydrogens (primary N) is 1. The molecule has 0 bridgehead atoms. The van der Waals surface area contributed by atoms with Gasteiger partial charge in [0.15, 0.2) is 0 Å². The van der Waals surface area contributed by atoms with Crippen LogP contribution in [-0.2, 0) is 9.53 Å². The third-order valence-corrected chi connectivity index (χ3v) is 4.58. The summed E-state index contributed by atoms with van der Waals surface area (Å²) in [6.07, 6.45) is 1.07.